The lowest BCUT2D eigenvalue weighted by molar-refractivity contribution is -0.199. The van der Waals surface area contributed by atoms with E-state index in [-0.39, 0.29) is 40.5 Å². The van der Waals surface area contributed by atoms with Gasteiger partial charge in [0.25, 0.3) is 0 Å². The number of alkyl halides is 1. The van der Waals surface area contributed by atoms with Gasteiger partial charge in [-0.3, -0.25) is 4.79 Å². The Balaban J connectivity index is 1.63. The van der Waals surface area contributed by atoms with E-state index in [1.165, 1.54) is 6.42 Å². The Morgan fingerprint density at radius 1 is 1.12 bits per heavy atom. The maximum absolute atomic E-state index is 12.7. The molecular weight excluding hydrogens is 467 g/mol. The summed E-state index contributed by atoms with van der Waals surface area (Å²) in [6, 6.07) is 0. The van der Waals surface area contributed by atoms with E-state index >= 15 is 0 Å². The first-order chi connectivity index (χ1) is 15.3. The first-order valence-corrected chi connectivity index (χ1v) is 16.5. The van der Waals surface area contributed by atoms with Crippen molar-refractivity contribution in [3.63, 3.8) is 0 Å². The molecule has 0 aromatic heterocycles. The molecule has 4 rings (SSSR count). The molecule has 1 aliphatic heterocycles. The van der Waals surface area contributed by atoms with E-state index in [1.54, 1.807) is 0 Å². The minimum absolute atomic E-state index is 0.0507. The number of carbonyl (C=O) groups is 1. The molecule has 3 aliphatic carbocycles. The molecule has 0 spiro atoms. The molecule has 4 fully saturated rings. The predicted molar refractivity (Wildman–Crippen MR) is 142 cm³/mol. The van der Waals surface area contributed by atoms with E-state index in [4.69, 9.17) is 30.1 Å². The van der Waals surface area contributed by atoms with Crippen molar-refractivity contribution in [1.29, 1.82) is 0 Å². The van der Waals surface area contributed by atoms with Gasteiger partial charge in [-0.1, -0.05) is 34.6 Å². The van der Waals surface area contributed by atoms with Crippen molar-refractivity contribution in [2.75, 3.05) is 0 Å². The molecule has 0 radical (unpaired) electrons. The van der Waals surface area contributed by atoms with Gasteiger partial charge in [0.2, 0.25) is 0 Å². The van der Waals surface area contributed by atoms with Gasteiger partial charge in [0, 0.05) is 0 Å². The van der Waals surface area contributed by atoms with Gasteiger partial charge in [-0.25, -0.2) is 0 Å². The third-order valence-corrected chi connectivity index (χ3v) is 14.1. The van der Waals surface area contributed by atoms with Crippen LogP contribution in [0.15, 0.2) is 0 Å². The highest BCUT2D eigenvalue weighted by molar-refractivity contribution is 6.74. The van der Waals surface area contributed by atoms with Crippen LogP contribution in [0.5, 0.6) is 0 Å². The minimum Gasteiger partial charge on any atom is -0.460 e. The fourth-order valence-electron chi connectivity index (χ4n) is 5.90. The van der Waals surface area contributed by atoms with Crippen LogP contribution in [0.2, 0.25) is 18.1 Å². The monoisotopic (exact) mass is 514 g/mol. The van der Waals surface area contributed by atoms with Crippen LogP contribution in [0.1, 0.15) is 94.4 Å². The lowest BCUT2D eigenvalue weighted by Gasteiger charge is -2.64. The molecule has 3 saturated carbocycles. The Bertz CT molecular complexity index is 761. The fourth-order valence-corrected chi connectivity index (χ4v) is 7.52. The number of halogens is 1. The van der Waals surface area contributed by atoms with Gasteiger partial charge >= 0.3 is 13.1 Å². The summed E-state index contributed by atoms with van der Waals surface area (Å²) < 4.78 is 25.2. The lowest BCUT2D eigenvalue weighted by Crippen LogP contribution is -2.65. The number of rotatable bonds is 8. The smallest absolute Gasteiger partial charge is 0.460 e. The Labute approximate surface area is 214 Å². The number of hydrogen-bond acceptors (Lipinski definition) is 5. The van der Waals surface area contributed by atoms with Gasteiger partial charge < -0.3 is 18.5 Å². The first-order valence-electron chi connectivity index (χ1n) is 13.1. The Morgan fingerprint density at radius 2 is 1.74 bits per heavy atom. The number of esters is 1. The molecule has 8 heteroatoms. The van der Waals surface area contributed by atoms with Gasteiger partial charge in [-0.05, 0) is 88.8 Å². The lowest BCUT2D eigenvalue weighted by atomic mass is 9.43. The van der Waals surface area contributed by atoms with E-state index in [0.717, 1.165) is 6.42 Å². The quantitative estimate of drug-likeness (QED) is 0.203. The minimum atomic E-state index is -2.07. The van der Waals surface area contributed by atoms with Crippen molar-refractivity contribution >= 4 is 33.0 Å². The maximum Gasteiger partial charge on any atom is 0.476 e. The van der Waals surface area contributed by atoms with Crippen molar-refractivity contribution in [3.05, 3.63) is 0 Å². The summed E-state index contributed by atoms with van der Waals surface area (Å²) in [5.74, 6) is 0.999. The van der Waals surface area contributed by atoms with E-state index in [9.17, 15) is 4.79 Å². The van der Waals surface area contributed by atoms with Crippen LogP contribution in [-0.4, -0.2) is 50.1 Å². The van der Waals surface area contributed by atoms with Gasteiger partial charge in [-0.15, -0.1) is 11.6 Å². The van der Waals surface area contributed by atoms with Crippen molar-refractivity contribution < 1.29 is 23.3 Å². The largest absolute Gasteiger partial charge is 0.476 e. The van der Waals surface area contributed by atoms with E-state index in [0.29, 0.717) is 30.1 Å². The topological polar surface area (TPSA) is 54.0 Å². The third kappa shape index (κ3) is 5.74. The number of hydrogen-bond donors (Lipinski definition) is 0. The molecule has 0 N–H and O–H groups in total. The molecule has 6 atom stereocenters. The Hall–Kier alpha value is -0.0782. The molecule has 0 amide bonds. The highest BCUT2D eigenvalue weighted by atomic mass is 35.5. The summed E-state index contributed by atoms with van der Waals surface area (Å²) in [6.07, 6.45) is 3.73. The molecule has 0 aromatic carbocycles. The zero-order valence-corrected chi connectivity index (χ0v) is 25.2. The normalized spacial score (nSPS) is 32.6. The second-order valence-electron chi connectivity index (χ2n) is 14.2. The molecule has 5 unspecified atom stereocenters. The molecule has 0 aromatic rings. The molecular formula is C26H48BClO5Si. The molecule has 196 valence electrons. The average Bonchev–Trinajstić information content (AvgIpc) is 3.00. The zero-order valence-electron chi connectivity index (χ0n) is 23.4. The maximum atomic E-state index is 12.7. The summed E-state index contributed by atoms with van der Waals surface area (Å²) in [7, 11) is -2.48. The van der Waals surface area contributed by atoms with E-state index < -0.39 is 21.0 Å². The van der Waals surface area contributed by atoms with Crippen molar-refractivity contribution in [1.82, 2.24) is 0 Å². The van der Waals surface area contributed by atoms with Crippen molar-refractivity contribution in [2.45, 2.75) is 141 Å². The summed E-state index contributed by atoms with van der Waals surface area (Å²) in [5.41, 5.74) is -0.468. The van der Waals surface area contributed by atoms with Crippen molar-refractivity contribution in [3.8, 4) is 0 Å². The fraction of sp³-hybridized carbons (Fsp3) is 0.962. The summed E-state index contributed by atoms with van der Waals surface area (Å²) in [4.78, 5) is 12.7. The van der Waals surface area contributed by atoms with Crippen molar-refractivity contribution in [2.24, 2.45) is 17.3 Å². The van der Waals surface area contributed by atoms with Crippen LogP contribution < -0.4 is 0 Å². The summed E-state index contributed by atoms with van der Waals surface area (Å²) in [5, 5.41) is -0.235. The summed E-state index contributed by atoms with van der Waals surface area (Å²) in [6.45, 7) is 23.7. The van der Waals surface area contributed by atoms with Gasteiger partial charge in [-0.2, -0.15) is 0 Å². The molecule has 5 nitrogen and oxygen atoms in total. The van der Waals surface area contributed by atoms with Gasteiger partial charge in [0.1, 0.15) is 5.60 Å². The third-order valence-electron chi connectivity index (χ3n) is 9.11. The second-order valence-corrected chi connectivity index (χ2v) is 19.5. The van der Waals surface area contributed by atoms with Gasteiger partial charge in [0.05, 0.1) is 29.5 Å². The SMILES string of the molecule is CC(C)(C)OC(=O)CC(CCC(Cl)B1OC2CC3CC(C3(C)C)[C@]2(C)O1)O[Si](C)(C)C(C)(C)C. The molecule has 1 heterocycles. The Kier molecular flexibility index (Phi) is 7.83. The van der Waals surface area contributed by atoms with E-state index in [1.807, 2.05) is 20.8 Å². The first kappa shape index (κ1) is 28.5. The van der Waals surface area contributed by atoms with Crippen LogP contribution in [-0.2, 0) is 23.3 Å². The van der Waals surface area contributed by atoms with Crippen LogP contribution >= 0.6 is 11.6 Å². The standard InChI is InChI=1S/C26H48BClO5Si/c1-23(2,3)30-22(29)16-18(32-34(10,11)24(4,5)6)12-13-21(28)27-31-20-15-17-14-19(25(17,7)8)26(20,9)33-27/h17-21H,12-16H2,1-11H3/t17?,18?,19?,20?,21?,26-/m0/s1. The highest BCUT2D eigenvalue weighted by Crippen LogP contribution is 2.65. The van der Waals surface area contributed by atoms with Crippen LogP contribution in [0.25, 0.3) is 0 Å². The molecule has 34 heavy (non-hydrogen) atoms. The van der Waals surface area contributed by atoms with Gasteiger partial charge in [0.15, 0.2) is 8.32 Å². The molecule has 1 saturated heterocycles. The molecule has 4 aliphatic rings. The van der Waals surface area contributed by atoms with Crippen LogP contribution in [0.4, 0.5) is 0 Å². The summed E-state index contributed by atoms with van der Waals surface area (Å²) >= 11 is 6.88. The number of carbonyl (C=O) groups excluding carboxylic acids is 1. The zero-order chi connectivity index (χ0) is 25.9. The highest BCUT2D eigenvalue weighted by Gasteiger charge is 2.68. The van der Waals surface area contributed by atoms with Crippen LogP contribution in [0.3, 0.4) is 0 Å². The van der Waals surface area contributed by atoms with E-state index in [2.05, 4.69) is 54.6 Å². The number of ether oxygens (including phenoxy) is 1. The predicted octanol–water partition coefficient (Wildman–Crippen LogP) is 6.76. The average molecular weight is 515 g/mol. The van der Waals surface area contributed by atoms with Crippen LogP contribution in [0, 0.1) is 17.3 Å². The Morgan fingerprint density at radius 3 is 2.26 bits per heavy atom. The molecule has 2 bridgehead atoms. The second kappa shape index (κ2) is 9.34.